The third-order valence-corrected chi connectivity index (χ3v) is 7.13. The van der Waals surface area contributed by atoms with Gasteiger partial charge in [-0.15, -0.1) is 0 Å². The third-order valence-electron chi connectivity index (χ3n) is 7.13. The first-order valence-corrected chi connectivity index (χ1v) is 13.2. The summed E-state index contributed by atoms with van der Waals surface area (Å²) in [4.78, 5) is 4.49. The van der Waals surface area contributed by atoms with Crippen molar-refractivity contribution in [1.82, 2.24) is 9.80 Å². The van der Waals surface area contributed by atoms with E-state index in [9.17, 15) is 0 Å². The summed E-state index contributed by atoms with van der Waals surface area (Å²) < 4.78 is 7.82. The first kappa shape index (κ1) is 26.8. The van der Waals surface area contributed by atoms with Gasteiger partial charge in [-0.25, -0.2) is 0 Å². The Labute approximate surface area is 223 Å². The van der Waals surface area contributed by atoms with Crippen LogP contribution in [0.4, 0.5) is 0 Å². The molecule has 0 amide bonds. The molecule has 0 aliphatic rings. The summed E-state index contributed by atoms with van der Waals surface area (Å²) >= 11 is 0. The smallest absolute Gasteiger partial charge is 0.121 e. The van der Waals surface area contributed by atoms with Crippen molar-refractivity contribution in [3.05, 3.63) is 144 Å². The molecule has 0 N–H and O–H groups in total. The van der Waals surface area contributed by atoms with E-state index in [2.05, 4.69) is 159 Å². The molecule has 4 aromatic carbocycles. The molecular formula is C34H40N2O. The van der Waals surface area contributed by atoms with E-state index < -0.39 is 11.2 Å². The second-order valence-electron chi connectivity index (χ2n) is 10.3. The number of rotatable bonds is 12. The largest absolute Gasteiger partial charge is 0.350 e. The van der Waals surface area contributed by atoms with Gasteiger partial charge in [0.25, 0.3) is 0 Å². The van der Waals surface area contributed by atoms with Crippen LogP contribution >= 0.6 is 0 Å². The molecule has 0 fully saturated rings. The van der Waals surface area contributed by atoms with Crippen molar-refractivity contribution in [2.75, 3.05) is 41.3 Å². The first-order valence-electron chi connectivity index (χ1n) is 13.2. The van der Waals surface area contributed by atoms with Crippen LogP contribution in [-0.4, -0.2) is 51.1 Å². The van der Waals surface area contributed by atoms with Crippen LogP contribution in [0.1, 0.15) is 35.1 Å². The van der Waals surface area contributed by atoms with Gasteiger partial charge in [-0.1, -0.05) is 121 Å². The van der Waals surface area contributed by atoms with E-state index in [1.807, 2.05) is 0 Å². The Morgan fingerprint density at radius 1 is 0.432 bits per heavy atom. The molecule has 0 heterocycles. The van der Waals surface area contributed by atoms with Crippen molar-refractivity contribution in [3.63, 3.8) is 0 Å². The minimum atomic E-state index is -0.662. The molecule has 0 aliphatic carbocycles. The Bertz CT molecular complexity index is 1020. The molecule has 0 aromatic heterocycles. The quantitative estimate of drug-likeness (QED) is 0.216. The average molecular weight is 493 g/mol. The number of ether oxygens (including phenoxy) is 1. The molecule has 0 aliphatic heterocycles. The van der Waals surface area contributed by atoms with Crippen LogP contribution in [0, 0.1) is 0 Å². The molecule has 0 unspecified atom stereocenters. The SMILES string of the molecule is CN(C)CCC(OC(CCN(C)C)(c1ccccc1)c1ccccc1)(c1ccccc1)c1ccccc1. The van der Waals surface area contributed by atoms with Gasteiger partial charge in [-0.2, -0.15) is 0 Å². The molecule has 0 bridgehead atoms. The Morgan fingerprint density at radius 2 is 0.676 bits per heavy atom. The van der Waals surface area contributed by atoms with E-state index in [1.165, 1.54) is 22.3 Å². The zero-order valence-electron chi connectivity index (χ0n) is 22.7. The summed E-state index contributed by atoms with van der Waals surface area (Å²) in [5.74, 6) is 0. The molecule has 3 nitrogen and oxygen atoms in total. The number of nitrogens with zero attached hydrogens (tertiary/aromatic N) is 2. The zero-order chi connectivity index (χ0) is 26.1. The van der Waals surface area contributed by atoms with Crippen molar-refractivity contribution in [2.24, 2.45) is 0 Å². The maximum Gasteiger partial charge on any atom is 0.121 e. The van der Waals surface area contributed by atoms with E-state index in [1.54, 1.807) is 0 Å². The summed E-state index contributed by atoms with van der Waals surface area (Å²) in [6, 6.07) is 43.1. The fourth-order valence-corrected chi connectivity index (χ4v) is 5.14. The van der Waals surface area contributed by atoms with Gasteiger partial charge in [-0.3, -0.25) is 0 Å². The second kappa shape index (κ2) is 12.3. The third kappa shape index (κ3) is 6.19. The molecule has 3 heteroatoms. The van der Waals surface area contributed by atoms with Crippen molar-refractivity contribution in [2.45, 2.75) is 24.0 Å². The standard InChI is InChI=1S/C34H40N2O/c1-35(2)27-25-33(29-17-9-5-10-18-29,30-19-11-6-12-20-30)37-34(26-28-36(3)4,31-21-13-7-14-22-31)32-23-15-8-16-24-32/h5-24H,25-28H2,1-4H3. The van der Waals surface area contributed by atoms with Crippen molar-refractivity contribution in [3.8, 4) is 0 Å². The van der Waals surface area contributed by atoms with E-state index in [4.69, 9.17) is 4.74 Å². The van der Waals surface area contributed by atoms with E-state index in [-0.39, 0.29) is 0 Å². The number of hydrogen-bond donors (Lipinski definition) is 0. The highest BCUT2D eigenvalue weighted by molar-refractivity contribution is 5.41. The van der Waals surface area contributed by atoms with E-state index in [0.29, 0.717) is 0 Å². The highest BCUT2D eigenvalue weighted by Gasteiger charge is 2.46. The molecule has 0 radical (unpaired) electrons. The van der Waals surface area contributed by atoms with Gasteiger partial charge in [0.05, 0.1) is 0 Å². The molecule has 0 saturated heterocycles. The number of benzene rings is 4. The van der Waals surface area contributed by atoms with Crippen molar-refractivity contribution < 1.29 is 4.74 Å². The Balaban J connectivity index is 2.01. The lowest BCUT2D eigenvalue weighted by Crippen LogP contribution is -2.45. The summed E-state index contributed by atoms with van der Waals surface area (Å²) in [5, 5.41) is 0. The lowest BCUT2D eigenvalue weighted by atomic mass is 9.78. The fraction of sp³-hybridized carbons (Fsp3) is 0.294. The first-order chi connectivity index (χ1) is 18.0. The minimum Gasteiger partial charge on any atom is -0.350 e. The predicted octanol–water partition coefficient (Wildman–Crippen LogP) is 6.79. The van der Waals surface area contributed by atoms with Gasteiger partial charge < -0.3 is 14.5 Å². The van der Waals surface area contributed by atoms with Gasteiger partial charge in [0.2, 0.25) is 0 Å². The van der Waals surface area contributed by atoms with Crippen LogP contribution in [-0.2, 0) is 15.9 Å². The zero-order valence-corrected chi connectivity index (χ0v) is 22.7. The number of hydrogen-bond acceptors (Lipinski definition) is 3. The van der Waals surface area contributed by atoms with Gasteiger partial charge in [-0.05, 0) is 63.3 Å². The summed E-state index contributed by atoms with van der Waals surface area (Å²) in [6.45, 7) is 1.77. The Morgan fingerprint density at radius 3 is 0.892 bits per heavy atom. The summed E-state index contributed by atoms with van der Waals surface area (Å²) in [5.41, 5.74) is 3.36. The van der Waals surface area contributed by atoms with Gasteiger partial charge in [0.1, 0.15) is 11.2 Å². The topological polar surface area (TPSA) is 15.7 Å². The van der Waals surface area contributed by atoms with Crippen LogP contribution in [0.2, 0.25) is 0 Å². The molecule has 0 atom stereocenters. The van der Waals surface area contributed by atoms with Crippen LogP contribution in [0.5, 0.6) is 0 Å². The van der Waals surface area contributed by atoms with Crippen molar-refractivity contribution in [1.29, 1.82) is 0 Å². The highest BCUT2D eigenvalue weighted by atomic mass is 16.5. The molecule has 37 heavy (non-hydrogen) atoms. The molecule has 0 saturated carbocycles. The fourth-order valence-electron chi connectivity index (χ4n) is 5.14. The van der Waals surface area contributed by atoms with Crippen molar-refractivity contribution >= 4 is 0 Å². The van der Waals surface area contributed by atoms with Gasteiger partial charge in [0.15, 0.2) is 0 Å². The van der Waals surface area contributed by atoms with Gasteiger partial charge in [0, 0.05) is 13.1 Å². The predicted molar refractivity (Wildman–Crippen MR) is 155 cm³/mol. The summed E-state index contributed by atoms with van der Waals surface area (Å²) in [6.07, 6.45) is 1.63. The maximum atomic E-state index is 7.82. The maximum absolute atomic E-state index is 7.82. The molecule has 192 valence electrons. The molecule has 0 spiro atoms. The Kier molecular flexibility index (Phi) is 8.94. The van der Waals surface area contributed by atoms with E-state index >= 15 is 0 Å². The average Bonchev–Trinajstić information content (AvgIpc) is 2.95. The normalized spacial score (nSPS) is 12.3. The van der Waals surface area contributed by atoms with Crippen LogP contribution in [0.3, 0.4) is 0 Å². The minimum absolute atomic E-state index is 0.662. The van der Waals surface area contributed by atoms with Crippen LogP contribution in [0.25, 0.3) is 0 Å². The highest BCUT2D eigenvalue weighted by Crippen LogP contribution is 2.48. The lowest BCUT2D eigenvalue weighted by Gasteiger charge is -2.46. The van der Waals surface area contributed by atoms with Gasteiger partial charge >= 0.3 is 0 Å². The summed E-state index contributed by atoms with van der Waals surface area (Å²) in [7, 11) is 8.53. The monoisotopic (exact) mass is 492 g/mol. The van der Waals surface area contributed by atoms with Crippen LogP contribution < -0.4 is 0 Å². The van der Waals surface area contributed by atoms with E-state index in [0.717, 1.165) is 25.9 Å². The molecular weight excluding hydrogens is 452 g/mol. The van der Waals surface area contributed by atoms with Crippen LogP contribution in [0.15, 0.2) is 121 Å². The molecule has 4 aromatic rings. The molecule has 4 rings (SSSR count). The lowest BCUT2D eigenvalue weighted by molar-refractivity contribution is -0.137. The Hall–Kier alpha value is -3.24. The second-order valence-corrected chi connectivity index (χ2v) is 10.3.